The predicted molar refractivity (Wildman–Crippen MR) is 112 cm³/mol. The predicted octanol–water partition coefficient (Wildman–Crippen LogP) is 5.69. The van der Waals surface area contributed by atoms with Gasteiger partial charge in [0.2, 0.25) is 0 Å². The Balaban J connectivity index is 1.54. The number of likely N-dealkylation sites (tertiary alicyclic amines) is 1. The zero-order chi connectivity index (χ0) is 18.8. The Hall–Kier alpha value is -1.35. The van der Waals surface area contributed by atoms with Crippen LogP contribution in [0.4, 0.5) is 0 Å². The molecule has 142 valence electrons. The molecule has 0 N–H and O–H groups in total. The van der Waals surface area contributed by atoms with Crippen LogP contribution in [0.1, 0.15) is 48.3 Å². The van der Waals surface area contributed by atoms with Gasteiger partial charge in [-0.05, 0) is 67.6 Å². The third-order valence-electron chi connectivity index (χ3n) is 6.07. The van der Waals surface area contributed by atoms with Gasteiger partial charge in [-0.1, -0.05) is 53.5 Å². The molecule has 1 aliphatic carbocycles. The molecule has 2 atom stereocenters. The van der Waals surface area contributed by atoms with Gasteiger partial charge in [-0.25, -0.2) is 0 Å². The van der Waals surface area contributed by atoms with Crippen LogP contribution in [-0.2, 0) is 17.6 Å². The Labute approximate surface area is 171 Å². The fraction of sp³-hybridized carbons (Fsp3) is 0.435. The highest BCUT2D eigenvalue weighted by Crippen LogP contribution is 2.38. The van der Waals surface area contributed by atoms with Crippen molar-refractivity contribution in [3.8, 4) is 0 Å². The first kappa shape index (κ1) is 19.0. The van der Waals surface area contributed by atoms with Crippen LogP contribution in [-0.4, -0.2) is 29.8 Å². The van der Waals surface area contributed by atoms with E-state index in [1.165, 1.54) is 37.1 Å². The number of halogens is 2. The summed E-state index contributed by atoms with van der Waals surface area (Å²) in [7, 11) is 0. The van der Waals surface area contributed by atoms with Gasteiger partial charge in [-0.15, -0.1) is 0 Å². The van der Waals surface area contributed by atoms with Crippen LogP contribution in [0.2, 0.25) is 10.0 Å². The van der Waals surface area contributed by atoms with Crippen LogP contribution < -0.4 is 0 Å². The van der Waals surface area contributed by atoms with Gasteiger partial charge >= 0.3 is 0 Å². The highest BCUT2D eigenvalue weighted by molar-refractivity contribution is 6.42. The topological polar surface area (TPSA) is 20.3 Å². The zero-order valence-electron chi connectivity index (χ0n) is 15.5. The second-order valence-electron chi connectivity index (χ2n) is 7.82. The smallest absolute Gasteiger partial charge is 0.137 e. The first-order valence-electron chi connectivity index (χ1n) is 9.89. The summed E-state index contributed by atoms with van der Waals surface area (Å²) in [6.45, 7) is 2.34. The minimum Gasteiger partial charge on any atom is -0.300 e. The lowest BCUT2D eigenvalue weighted by atomic mass is 9.75. The van der Waals surface area contributed by atoms with Gasteiger partial charge in [0.25, 0.3) is 0 Å². The molecule has 0 aromatic heterocycles. The average molecular weight is 402 g/mol. The van der Waals surface area contributed by atoms with E-state index >= 15 is 0 Å². The van der Waals surface area contributed by atoms with E-state index in [0.717, 1.165) is 18.4 Å². The van der Waals surface area contributed by atoms with Crippen molar-refractivity contribution < 1.29 is 4.79 Å². The minimum absolute atomic E-state index is 0.277. The van der Waals surface area contributed by atoms with Crippen LogP contribution in [0.15, 0.2) is 42.5 Å². The van der Waals surface area contributed by atoms with Gasteiger partial charge in [0.1, 0.15) is 5.78 Å². The second-order valence-corrected chi connectivity index (χ2v) is 8.64. The van der Waals surface area contributed by atoms with Gasteiger partial charge in [-0.2, -0.15) is 0 Å². The third kappa shape index (κ3) is 4.23. The highest BCUT2D eigenvalue weighted by atomic mass is 35.5. The maximum absolute atomic E-state index is 13.0. The number of nitrogens with zero attached hydrogens (tertiary/aromatic N) is 1. The third-order valence-corrected chi connectivity index (χ3v) is 6.81. The van der Waals surface area contributed by atoms with Crippen LogP contribution in [0.3, 0.4) is 0 Å². The van der Waals surface area contributed by atoms with Crippen molar-refractivity contribution in [2.45, 2.75) is 50.5 Å². The molecule has 2 aliphatic rings. The molecule has 1 fully saturated rings. The molecule has 1 heterocycles. The summed E-state index contributed by atoms with van der Waals surface area (Å²) < 4.78 is 0. The quantitative estimate of drug-likeness (QED) is 0.641. The number of carbonyl (C=O) groups is 1. The first-order valence-corrected chi connectivity index (χ1v) is 10.6. The maximum Gasteiger partial charge on any atom is 0.137 e. The van der Waals surface area contributed by atoms with Gasteiger partial charge < -0.3 is 0 Å². The largest absolute Gasteiger partial charge is 0.300 e. The Morgan fingerprint density at radius 3 is 2.59 bits per heavy atom. The van der Waals surface area contributed by atoms with E-state index in [0.29, 0.717) is 34.8 Å². The normalized spacial score (nSPS) is 22.6. The van der Waals surface area contributed by atoms with E-state index in [1.807, 2.05) is 12.1 Å². The molecular weight excluding hydrogens is 377 g/mol. The molecule has 0 radical (unpaired) electrons. The Morgan fingerprint density at radius 1 is 1.04 bits per heavy atom. The van der Waals surface area contributed by atoms with Crippen molar-refractivity contribution in [2.24, 2.45) is 0 Å². The molecule has 4 rings (SSSR count). The fourth-order valence-electron chi connectivity index (χ4n) is 4.79. The van der Waals surface area contributed by atoms with E-state index in [1.54, 1.807) is 6.07 Å². The first-order chi connectivity index (χ1) is 13.1. The molecule has 2 aromatic rings. The SMILES string of the molecule is O=C(Cc1ccc(Cl)c(Cl)c1)C[C@H]1c2ccccc2CC[C@@H]1N1CCCC1. The standard InChI is InChI=1S/C23H25Cl2NO/c24-21-9-7-16(14-22(21)25)13-18(27)15-20-19-6-2-1-5-17(19)8-10-23(20)26-11-3-4-12-26/h1-2,5-7,9,14,20,23H,3-4,8,10-13,15H2/t20-,23-/m0/s1. The number of ketones is 1. The molecule has 0 spiro atoms. The van der Waals surface area contributed by atoms with Crippen molar-refractivity contribution >= 4 is 29.0 Å². The summed E-state index contributed by atoms with van der Waals surface area (Å²) in [4.78, 5) is 15.6. The molecule has 1 saturated heterocycles. The van der Waals surface area contributed by atoms with E-state index in [-0.39, 0.29) is 5.78 Å². The van der Waals surface area contributed by atoms with Crippen LogP contribution in [0.25, 0.3) is 0 Å². The highest BCUT2D eigenvalue weighted by Gasteiger charge is 2.35. The molecule has 27 heavy (non-hydrogen) atoms. The zero-order valence-corrected chi connectivity index (χ0v) is 17.0. The number of Topliss-reactive ketones (excluding diaryl/α,β-unsaturated/α-hetero) is 1. The van der Waals surface area contributed by atoms with E-state index in [4.69, 9.17) is 23.2 Å². The number of hydrogen-bond donors (Lipinski definition) is 0. The molecule has 0 amide bonds. The Morgan fingerprint density at radius 2 is 1.81 bits per heavy atom. The van der Waals surface area contributed by atoms with Crippen molar-refractivity contribution in [3.63, 3.8) is 0 Å². The van der Waals surface area contributed by atoms with Gasteiger partial charge in [0, 0.05) is 24.8 Å². The number of rotatable bonds is 5. The molecule has 0 bridgehead atoms. The lowest BCUT2D eigenvalue weighted by molar-refractivity contribution is -0.119. The second kappa shape index (κ2) is 8.34. The van der Waals surface area contributed by atoms with Gasteiger partial charge in [0.15, 0.2) is 0 Å². The molecule has 0 saturated carbocycles. The lowest BCUT2D eigenvalue weighted by Crippen LogP contribution is -2.41. The summed E-state index contributed by atoms with van der Waals surface area (Å²) in [6, 6.07) is 14.7. The van der Waals surface area contributed by atoms with E-state index < -0.39 is 0 Å². The lowest BCUT2D eigenvalue weighted by Gasteiger charge is -2.39. The van der Waals surface area contributed by atoms with Gasteiger partial charge in [0.05, 0.1) is 10.0 Å². The molecule has 0 unspecified atom stereocenters. The van der Waals surface area contributed by atoms with Crippen LogP contribution >= 0.6 is 23.2 Å². The van der Waals surface area contributed by atoms with Crippen LogP contribution in [0.5, 0.6) is 0 Å². The van der Waals surface area contributed by atoms with Crippen molar-refractivity contribution in [2.75, 3.05) is 13.1 Å². The summed E-state index contributed by atoms with van der Waals surface area (Å²) in [5, 5.41) is 1.04. The van der Waals surface area contributed by atoms with Crippen molar-refractivity contribution in [3.05, 3.63) is 69.2 Å². The Kier molecular flexibility index (Phi) is 5.87. The Bertz CT molecular complexity index is 829. The van der Waals surface area contributed by atoms with Gasteiger partial charge in [-0.3, -0.25) is 9.69 Å². The summed E-state index contributed by atoms with van der Waals surface area (Å²) in [5.74, 6) is 0.572. The summed E-state index contributed by atoms with van der Waals surface area (Å²) in [6.07, 6.45) is 5.85. The van der Waals surface area contributed by atoms with E-state index in [2.05, 4.69) is 29.2 Å². The van der Waals surface area contributed by atoms with Crippen molar-refractivity contribution in [1.29, 1.82) is 0 Å². The van der Waals surface area contributed by atoms with Crippen LogP contribution in [0, 0.1) is 0 Å². The number of hydrogen-bond acceptors (Lipinski definition) is 2. The number of fused-ring (bicyclic) bond motifs is 1. The summed E-state index contributed by atoms with van der Waals surface area (Å²) in [5.41, 5.74) is 3.74. The summed E-state index contributed by atoms with van der Waals surface area (Å²) >= 11 is 12.1. The minimum atomic E-state index is 0.277. The van der Waals surface area contributed by atoms with Crippen molar-refractivity contribution in [1.82, 2.24) is 4.90 Å². The fourth-order valence-corrected chi connectivity index (χ4v) is 5.11. The van der Waals surface area contributed by atoms with E-state index in [9.17, 15) is 4.79 Å². The molecule has 1 aliphatic heterocycles. The molecule has 2 aromatic carbocycles. The molecular formula is C23H25Cl2NO. The number of aryl methyl sites for hydroxylation is 1. The number of benzene rings is 2. The molecule has 4 heteroatoms. The number of carbonyl (C=O) groups excluding carboxylic acids is 1. The maximum atomic E-state index is 13.0. The monoisotopic (exact) mass is 401 g/mol. The molecule has 2 nitrogen and oxygen atoms in total. The average Bonchev–Trinajstić information content (AvgIpc) is 3.19.